The molecule has 148 valence electrons. The number of nitrogens with zero attached hydrogens (tertiary/aromatic N) is 1. The van der Waals surface area contributed by atoms with Crippen LogP contribution in [0.2, 0.25) is 0 Å². The predicted molar refractivity (Wildman–Crippen MR) is 111 cm³/mol. The van der Waals surface area contributed by atoms with Crippen LogP contribution in [0.3, 0.4) is 0 Å². The minimum Gasteiger partial charge on any atom is -0.348 e. The third-order valence-corrected chi connectivity index (χ3v) is 4.69. The Bertz CT molecular complexity index is 1080. The number of amides is 2. The molecule has 2 N–H and O–H groups in total. The van der Waals surface area contributed by atoms with Gasteiger partial charge >= 0.3 is 0 Å². The van der Waals surface area contributed by atoms with Crippen LogP contribution in [0.4, 0.5) is 5.69 Å². The molecule has 0 heterocycles. The molecule has 3 aromatic carbocycles. The summed E-state index contributed by atoms with van der Waals surface area (Å²) in [6.45, 7) is 3.44. The van der Waals surface area contributed by atoms with E-state index in [0.29, 0.717) is 0 Å². The van der Waals surface area contributed by atoms with E-state index >= 15 is 0 Å². The fraction of sp³-hybridized carbons (Fsp3) is 0.182. The molecule has 2 amide bonds. The summed E-state index contributed by atoms with van der Waals surface area (Å²) in [5.74, 6) is -0.890. The standard InChI is InChI=1S/C22H21N3O4/c1-14(17-11-10-16-6-3-4-7-18(16)12-17)23-21(26)15(2)24-22(27)19-8-5-9-20(13-19)25(28)29/h3-15H,1-2H3,(H,23,26)(H,24,27)/t14?,15-/m0/s1. The number of carbonyl (C=O) groups is 2. The maximum absolute atomic E-state index is 12.5. The van der Waals surface area contributed by atoms with E-state index in [1.54, 1.807) is 6.92 Å². The van der Waals surface area contributed by atoms with Crippen LogP contribution in [0.15, 0.2) is 66.7 Å². The molecule has 0 saturated carbocycles. The molecule has 1 unspecified atom stereocenters. The molecule has 0 spiro atoms. The summed E-state index contributed by atoms with van der Waals surface area (Å²) >= 11 is 0. The van der Waals surface area contributed by atoms with Crippen molar-refractivity contribution in [2.75, 3.05) is 0 Å². The van der Waals surface area contributed by atoms with Gasteiger partial charge < -0.3 is 10.6 Å². The van der Waals surface area contributed by atoms with Crippen molar-refractivity contribution >= 4 is 28.3 Å². The Morgan fingerprint density at radius 3 is 2.34 bits per heavy atom. The van der Waals surface area contributed by atoms with Crippen LogP contribution in [-0.2, 0) is 4.79 Å². The minimum atomic E-state index is -0.801. The second-order valence-corrected chi connectivity index (χ2v) is 6.84. The number of nitro benzene ring substituents is 1. The molecule has 29 heavy (non-hydrogen) atoms. The van der Waals surface area contributed by atoms with Gasteiger partial charge in [-0.2, -0.15) is 0 Å². The topological polar surface area (TPSA) is 101 Å². The van der Waals surface area contributed by atoms with Crippen LogP contribution in [0.1, 0.15) is 35.8 Å². The molecule has 0 radical (unpaired) electrons. The molecule has 0 aliphatic rings. The number of hydrogen-bond acceptors (Lipinski definition) is 4. The van der Waals surface area contributed by atoms with Gasteiger partial charge in [-0.1, -0.05) is 42.5 Å². The number of nitrogens with one attached hydrogen (secondary N) is 2. The maximum Gasteiger partial charge on any atom is 0.270 e. The van der Waals surface area contributed by atoms with Crippen molar-refractivity contribution in [3.8, 4) is 0 Å². The lowest BCUT2D eigenvalue weighted by Crippen LogP contribution is -2.45. The molecule has 0 fully saturated rings. The minimum absolute atomic E-state index is 0.126. The first-order chi connectivity index (χ1) is 13.8. The van der Waals surface area contributed by atoms with Gasteiger partial charge in [-0.25, -0.2) is 0 Å². The van der Waals surface area contributed by atoms with E-state index in [2.05, 4.69) is 10.6 Å². The van der Waals surface area contributed by atoms with Gasteiger partial charge in [-0.3, -0.25) is 19.7 Å². The Kier molecular flexibility index (Phi) is 5.87. The summed E-state index contributed by atoms with van der Waals surface area (Å²) in [7, 11) is 0. The van der Waals surface area contributed by atoms with Crippen molar-refractivity contribution in [1.29, 1.82) is 0 Å². The summed E-state index contributed by atoms with van der Waals surface area (Å²) in [5.41, 5.74) is 0.898. The average molecular weight is 391 g/mol. The molecule has 0 aromatic heterocycles. The van der Waals surface area contributed by atoms with E-state index in [1.807, 2.05) is 49.4 Å². The van der Waals surface area contributed by atoms with Crippen molar-refractivity contribution < 1.29 is 14.5 Å². The first-order valence-corrected chi connectivity index (χ1v) is 9.19. The Morgan fingerprint density at radius 2 is 1.62 bits per heavy atom. The highest BCUT2D eigenvalue weighted by atomic mass is 16.6. The lowest BCUT2D eigenvalue weighted by molar-refractivity contribution is -0.384. The molecule has 3 rings (SSSR count). The first-order valence-electron chi connectivity index (χ1n) is 9.19. The molecule has 0 saturated heterocycles. The molecular weight excluding hydrogens is 370 g/mol. The van der Waals surface area contributed by atoms with Crippen molar-refractivity contribution in [2.24, 2.45) is 0 Å². The number of non-ortho nitro benzene ring substituents is 1. The number of hydrogen-bond donors (Lipinski definition) is 2. The van der Waals surface area contributed by atoms with Gasteiger partial charge in [0.25, 0.3) is 11.6 Å². The largest absolute Gasteiger partial charge is 0.348 e. The smallest absolute Gasteiger partial charge is 0.270 e. The molecule has 0 aliphatic heterocycles. The van der Waals surface area contributed by atoms with Gasteiger partial charge in [-0.05, 0) is 42.3 Å². The van der Waals surface area contributed by atoms with Crippen LogP contribution >= 0.6 is 0 Å². The molecule has 3 aromatic rings. The number of nitro groups is 1. The molecular formula is C22H21N3O4. The van der Waals surface area contributed by atoms with Crippen LogP contribution in [-0.4, -0.2) is 22.8 Å². The summed E-state index contributed by atoms with van der Waals surface area (Å²) in [4.78, 5) is 35.1. The van der Waals surface area contributed by atoms with E-state index in [4.69, 9.17) is 0 Å². The lowest BCUT2D eigenvalue weighted by atomic mass is 10.0. The Morgan fingerprint density at radius 1 is 0.897 bits per heavy atom. The molecule has 0 aliphatic carbocycles. The van der Waals surface area contributed by atoms with E-state index in [1.165, 1.54) is 24.3 Å². The summed E-state index contributed by atoms with van der Waals surface area (Å²) in [6, 6.07) is 18.3. The van der Waals surface area contributed by atoms with Gasteiger partial charge in [0.05, 0.1) is 11.0 Å². The third kappa shape index (κ3) is 4.76. The first kappa shape index (κ1) is 20.0. The zero-order chi connectivity index (χ0) is 21.0. The molecule has 0 bridgehead atoms. The number of benzene rings is 3. The highest BCUT2D eigenvalue weighted by Gasteiger charge is 2.20. The number of carbonyl (C=O) groups excluding carboxylic acids is 2. The second kappa shape index (κ2) is 8.52. The zero-order valence-corrected chi connectivity index (χ0v) is 16.1. The maximum atomic E-state index is 12.5. The molecule has 7 heteroatoms. The van der Waals surface area contributed by atoms with E-state index in [0.717, 1.165) is 16.3 Å². The van der Waals surface area contributed by atoms with Crippen LogP contribution < -0.4 is 10.6 Å². The van der Waals surface area contributed by atoms with Crippen LogP contribution in [0, 0.1) is 10.1 Å². The van der Waals surface area contributed by atoms with Crippen molar-refractivity contribution in [3.05, 3.63) is 88.0 Å². The van der Waals surface area contributed by atoms with Crippen molar-refractivity contribution in [2.45, 2.75) is 25.9 Å². The van der Waals surface area contributed by atoms with E-state index in [9.17, 15) is 19.7 Å². The average Bonchev–Trinajstić information content (AvgIpc) is 2.73. The highest BCUT2D eigenvalue weighted by molar-refractivity contribution is 5.98. The Labute approximate surface area is 167 Å². The van der Waals surface area contributed by atoms with E-state index in [-0.39, 0.29) is 23.2 Å². The van der Waals surface area contributed by atoms with Crippen LogP contribution in [0.25, 0.3) is 10.8 Å². The fourth-order valence-corrected chi connectivity index (χ4v) is 3.01. The molecule has 7 nitrogen and oxygen atoms in total. The number of rotatable bonds is 6. The highest BCUT2D eigenvalue weighted by Crippen LogP contribution is 2.20. The van der Waals surface area contributed by atoms with Gasteiger partial charge in [0.2, 0.25) is 5.91 Å². The summed E-state index contributed by atoms with van der Waals surface area (Å²) in [5, 5.41) is 18.5. The monoisotopic (exact) mass is 391 g/mol. The second-order valence-electron chi connectivity index (χ2n) is 6.84. The SMILES string of the molecule is CC(NC(=O)[C@H](C)NC(=O)c1cccc([N+](=O)[O-])c1)c1ccc2ccccc2c1. The molecule has 2 atom stereocenters. The Balaban J connectivity index is 1.64. The predicted octanol–water partition coefficient (Wildman–Crippen LogP) is 3.74. The van der Waals surface area contributed by atoms with Gasteiger partial charge in [0, 0.05) is 17.7 Å². The number of fused-ring (bicyclic) bond motifs is 1. The van der Waals surface area contributed by atoms with Crippen LogP contribution in [0.5, 0.6) is 0 Å². The lowest BCUT2D eigenvalue weighted by Gasteiger charge is -2.19. The van der Waals surface area contributed by atoms with Gasteiger partial charge in [0.1, 0.15) is 6.04 Å². The van der Waals surface area contributed by atoms with Gasteiger partial charge in [0.15, 0.2) is 0 Å². The van der Waals surface area contributed by atoms with Gasteiger partial charge in [-0.15, -0.1) is 0 Å². The fourth-order valence-electron chi connectivity index (χ4n) is 3.01. The van der Waals surface area contributed by atoms with Crippen molar-refractivity contribution in [3.63, 3.8) is 0 Å². The summed E-state index contributed by atoms with van der Waals surface area (Å²) in [6.07, 6.45) is 0. The zero-order valence-electron chi connectivity index (χ0n) is 16.1. The summed E-state index contributed by atoms with van der Waals surface area (Å²) < 4.78 is 0. The van der Waals surface area contributed by atoms with Crippen molar-refractivity contribution in [1.82, 2.24) is 10.6 Å². The van der Waals surface area contributed by atoms with E-state index < -0.39 is 16.9 Å². The Hall–Kier alpha value is -3.74. The normalized spacial score (nSPS) is 12.8. The third-order valence-electron chi connectivity index (χ3n) is 4.69. The quantitative estimate of drug-likeness (QED) is 0.494.